The van der Waals surface area contributed by atoms with Gasteiger partial charge < -0.3 is 15.2 Å². The lowest BCUT2D eigenvalue weighted by molar-refractivity contribution is -0.0803. The van der Waals surface area contributed by atoms with Crippen molar-refractivity contribution in [2.75, 3.05) is 13.2 Å². The summed E-state index contributed by atoms with van der Waals surface area (Å²) in [7, 11) is 0. The molecule has 1 fully saturated rings. The minimum Gasteiger partial charge on any atom is -0.389 e. The first-order chi connectivity index (χ1) is 7.41. The van der Waals surface area contributed by atoms with E-state index in [0.29, 0.717) is 12.6 Å². The summed E-state index contributed by atoms with van der Waals surface area (Å²) in [5.74, 6) is 0. The lowest BCUT2D eigenvalue weighted by Crippen LogP contribution is -2.49. The molecular weight excluding hydrogens is 202 g/mol. The van der Waals surface area contributed by atoms with Crippen LogP contribution >= 0.6 is 0 Å². The second kappa shape index (κ2) is 5.48. The zero-order valence-electron chi connectivity index (χ0n) is 11.2. The van der Waals surface area contributed by atoms with Gasteiger partial charge in [0.2, 0.25) is 0 Å². The molecule has 1 aliphatic rings. The Morgan fingerprint density at radius 3 is 2.75 bits per heavy atom. The van der Waals surface area contributed by atoms with Gasteiger partial charge in [0.1, 0.15) is 0 Å². The van der Waals surface area contributed by atoms with Crippen LogP contribution in [-0.2, 0) is 4.74 Å². The van der Waals surface area contributed by atoms with E-state index < -0.39 is 5.60 Å². The van der Waals surface area contributed by atoms with E-state index in [1.54, 1.807) is 0 Å². The van der Waals surface area contributed by atoms with Crippen molar-refractivity contribution in [2.45, 2.75) is 70.6 Å². The normalized spacial score (nSPS) is 34.7. The van der Waals surface area contributed by atoms with Crippen molar-refractivity contribution in [1.29, 1.82) is 0 Å². The lowest BCUT2D eigenvalue weighted by Gasteiger charge is -2.39. The molecule has 0 spiro atoms. The number of ether oxygens (including phenoxy) is 1. The highest BCUT2D eigenvalue weighted by Crippen LogP contribution is 2.27. The summed E-state index contributed by atoms with van der Waals surface area (Å²) in [5.41, 5.74) is -0.561. The van der Waals surface area contributed by atoms with E-state index in [4.69, 9.17) is 4.74 Å². The Bertz CT molecular complexity index is 218. The summed E-state index contributed by atoms with van der Waals surface area (Å²) in [6, 6.07) is 0.483. The minimum absolute atomic E-state index is 0.0218. The van der Waals surface area contributed by atoms with Gasteiger partial charge in [-0.3, -0.25) is 0 Å². The van der Waals surface area contributed by atoms with Gasteiger partial charge in [-0.1, -0.05) is 13.8 Å². The molecule has 0 radical (unpaired) electrons. The average molecular weight is 229 g/mol. The van der Waals surface area contributed by atoms with Gasteiger partial charge in [-0.15, -0.1) is 0 Å². The molecule has 96 valence electrons. The molecule has 1 heterocycles. The first-order valence-corrected chi connectivity index (χ1v) is 6.50. The highest BCUT2D eigenvalue weighted by atomic mass is 16.5. The Morgan fingerprint density at radius 2 is 2.19 bits per heavy atom. The lowest BCUT2D eigenvalue weighted by atomic mass is 9.89. The summed E-state index contributed by atoms with van der Waals surface area (Å²) in [6.07, 6.45) is 3.93. The fourth-order valence-corrected chi connectivity index (χ4v) is 2.04. The molecule has 1 saturated heterocycles. The van der Waals surface area contributed by atoms with Crippen LogP contribution < -0.4 is 5.32 Å². The van der Waals surface area contributed by atoms with Crippen molar-refractivity contribution < 1.29 is 9.84 Å². The van der Waals surface area contributed by atoms with Gasteiger partial charge in [0.15, 0.2) is 0 Å². The maximum atomic E-state index is 9.95. The van der Waals surface area contributed by atoms with E-state index in [9.17, 15) is 5.11 Å². The molecule has 0 bridgehead atoms. The van der Waals surface area contributed by atoms with Crippen LogP contribution in [-0.4, -0.2) is 35.5 Å². The highest BCUT2D eigenvalue weighted by molar-refractivity contribution is 4.87. The molecule has 0 amide bonds. The summed E-state index contributed by atoms with van der Waals surface area (Å²) < 4.78 is 5.80. The third kappa shape index (κ3) is 4.04. The predicted octanol–water partition coefficient (Wildman–Crippen LogP) is 2.08. The number of hydrogen-bond acceptors (Lipinski definition) is 3. The van der Waals surface area contributed by atoms with Crippen molar-refractivity contribution in [3.63, 3.8) is 0 Å². The third-order valence-corrected chi connectivity index (χ3v) is 3.88. The van der Waals surface area contributed by atoms with Gasteiger partial charge in [0, 0.05) is 19.2 Å². The molecule has 16 heavy (non-hydrogen) atoms. The van der Waals surface area contributed by atoms with Gasteiger partial charge >= 0.3 is 0 Å². The molecule has 3 nitrogen and oxygen atoms in total. The zero-order valence-corrected chi connectivity index (χ0v) is 11.2. The van der Waals surface area contributed by atoms with E-state index in [1.165, 1.54) is 0 Å². The Kier molecular flexibility index (Phi) is 4.77. The van der Waals surface area contributed by atoms with Gasteiger partial charge in [0.05, 0.1) is 11.2 Å². The van der Waals surface area contributed by atoms with Gasteiger partial charge in [0.25, 0.3) is 0 Å². The number of rotatable bonds is 5. The molecule has 1 aliphatic heterocycles. The van der Waals surface area contributed by atoms with Crippen LogP contribution in [0.5, 0.6) is 0 Å². The van der Waals surface area contributed by atoms with Crippen LogP contribution in [0, 0.1) is 0 Å². The second-order valence-corrected chi connectivity index (χ2v) is 5.57. The summed E-state index contributed by atoms with van der Waals surface area (Å²) in [5, 5.41) is 13.4. The Morgan fingerprint density at radius 1 is 1.50 bits per heavy atom. The van der Waals surface area contributed by atoms with Crippen LogP contribution in [0.3, 0.4) is 0 Å². The summed E-state index contributed by atoms with van der Waals surface area (Å²) in [6.45, 7) is 9.76. The molecule has 3 unspecified atom stereocenters. The van der Waals surface area contributed by atoms with Crippen molar-refractivity contribution in [2.24, 2.45) is 0 Å². The summed E-state index contributed by atoms with van der Waals surface area (Å²) >= 11 is 0. The number of hydrogen-bond donors (Lipinski definition) is 2. The van der Waals surface area contributed by atoms with Crippen molar-refractivity contribution >= 4 is 0 Å². The Balaban J connectivity index is 2.38. The van der Waals surface area contributed by atoms with Gasteiger partial charge in [-0.2, -0.15) is 0 Å². The molecule has 3 atom stereocenters. The van der Waals surface area contributed by atoms with Crippen molar-refractivity contribution in [3.05, 3.63) is 0 Å². The standard InChI is InChI=1S/C13H27NO2/c1-5-12(3,15)10-14-11-7-8-16-13(4,6-2)9-11/h11,14-15H,5-10H2,1-4H3. The molecule has 0 saturated carbocycles. The fourth-order valence-electron chi connectivity index (χ4n) is 2.04. The second-order valence-electron chi connectivity index (χ2n) is 5.57. The van der Waals surface area contributed by atoms with Crippen LogP contribution in [0.1, 0.15) is 53.4 Å². The smallest absolute Gasteiger partial charge is 0.0741 e. The molecule has 1 rings (SSSR count). The minimum atomic E-state index is -0.582. The van der Waals surface area contributed by atoms with Crippen LogP contribution in [0.2, 0.25) is 0 Å². The maximum Gasteiger partial charge on any atom is 0.0741 e. The van der Waals surface area contributed by atoms with Crippen molar-refractivity contribution in [3.8, 4) is 0 Å². The van der Waals surface area contributed by atoms with Crippen LogP contribution in [0.15, 0.2) is 0 Å². The zero-order chi connectivity index (χ0) is 12.2. The van der Waals surface area contributed by atoms with Gasteiger partial charge in [-0.25, -0.2) is 0 Å². The van der Waals surface area contributed by atoms with E-state index in [1.807, 2.05) is 13.8 Å². The monoisotopic (exact) mass is 229 g/mol. The van der Waals surface area contributed by atoms with Gasteiger partial charge in [-0.05, 0) is 39.5 Å². The third-order valence-electron chi connectivity index (χ3n) is 3.88. The first kappa shape index (κ1) is 13.9. The predicted molar refractivity (Wildman–Crippen MR) is 66.6 cm³/mol. The van der Waals surface area contributed by atoms with Crippen molar-refractivity contribution in [1.82, 2.24) is 5.32 Å². The SMILES string of the molecule is CCC(C)(O)CNC1CCOC(C)(CC)C1. The van der Waals surface area contributed by atoms with E-state index in [2.05, 4.69) is 19.2 Å². The average Bonchev–Trinajstić information content (AvgIpc) is 2.27. The Hall–Kier alpha value is -0.120. The molecule has 2 N–H and O–H groups in total. The van der Waals surface area contributed by atoms with Crippen LogP contribution in [0.4, 0.5) is 0 Å². The molecule has 0 aromatic carbocycles. The van der Waals surface area contributed by atoms with E-state index in [-0.39, 0.29) is 5.60 Å². The maximum absolute atomic E-state index is 9.95. The summed E-state index contributed by atoms with van der Waals surface area (Å²) in [4.78, 5) is 0. The van der Waals surface area contributed by atoms with E-state index in [0.717, 1.165) is 32.3 Å². The molecule has 0 aliphatic carbocycles. The quantitative estimate of drug-likeness (QED) is 0.758. The highest BCUT2D eigenvalue weighted by Gasteiger charge is 2.32. The number of aliphatic hydroxyl groups is 1. The molecular formula is C13H27NO2. The fraction of sp³-hybridized carbons (Fsp3) is 1.00. The number of nitrogens with one attached hydrogen (secondary N) is 1. The van der Waals surface area contributed by atoms with E-state index >= 15 is 0 Å². The molecule has 3 heteroatoms. The molecule has 0 aromatic rings. The molecule has 0 aromatic heterocycles. The van der Waals surface area contributed by atoms with Crippen LogP contribution in [0.25, 0.3) is 0 Å². The first-order valence-electron chi connectivity index (χ1n) is 6.50. The Labute approximate surface area is 99.6 Å². The largest absolute Gasteiger partial charge is 0.389 e. The topological polar surface area (TPSA) is 41.5 Å².